The van der Waals surface area contributed by atoms with E-state index in [0.29, 0.717) is 19.5 Å². The monoisotopic (exact) mass is 326 g/mol. The molecule has 1 aromatic carbocycles. The fourth-order valence-corrected chi connectivity index (χ4v) is 2.01. The summed E-state index contributed by atoms with van der Waals surface area (Å²) in [5.74, 6) is -0.866. The van der Waals surface area contributed by atoms with Gasteiger partial charge in [0.05, 0.1) is 15.9 Å². The summed E-state index contributed by atoms with van der Waals surface area (Å²) in [6.45, 7) is 0. The molecule has 13 heavy (non-hydrogen) atoms. The van der Waals surface area contributed by atoms with Crippen LogP contribution < -0.4 is 0 Å². The van der Waals surface area contributed by atoms with Crippen molar-refractivity contribution in [3.8, 4) is 0 Å². The molecule has 0 aliphatic rings. The molecule has 0 aliphatic carbocycles. The zero-order chi connectivity index (χ0) is 10.0. The molecule has 1 N–H and O–H groups in total. The molecule has 0 saturated carbocycles. The van der Waals surface area contributed by atoms with Gasteiger partial charge < -0.3 is 5.11 Å². The fourth-order valence-electron chi connectivity index (χ4n) is 0.865. The van der Waals surface area contributed by atoms with Gasteiger partial charge in [0.15, 0.2) is 0 Å². The molecule has 1 rings (SSSR count). The molecular weight excluding hydrogens is 323 g/mol. The lowest BCUT2D eigenvalue weighted by atomic mass is 10.1. The topological polar surface area (TPSA) is 37.3 Å². The van der Waals surface area contributed by atoms with Crippen LogP contribution in [0.15, 0.2) is 21.1 Å². The molecule has 0 fully saturated rings. The predicted octanol–water partition coefficient (Wildman–Crippen LogP) is 3.49. The van der Waals surface area contributed by atoms with Crippen LogP contribution in [0.25, 0.3) is 0 Å². The maximum atomic E-state index is 10.4. The van der Waals surface area contributed by atoms with Crippen molar-refractivity contribution in [3.63, 3.8) is 0 Å². The summed E-state index contributed by atoms with van der Waals surface area (Å²) >= 11 is 12.3. The number of aliphatic carboxylic acids is 1. The zero-order valence-electron chi connectivity index (χ0n) is 6.35. The Morgan fingerprint density at radius 3 is 2.54 bits per heavy atom. The quantitative estimate of drug-likeness (QED) is 0.844. The molecular formula is C8H5Br2ClO2. The summed E-state index contributed by atoms with van der Waals surface area (Å²) in [6.07, 6.45) is -0.0175. The maximum absolute atomic E-state index is 10.4. The minimum absolute atomic E-state index is 0.0175. The molecule has 0 heterocycles. The summed E-state index contributed by atoms with van der Waals surface area (Å²) in [5.41, 5.74) is 0.698. The second-order valence-electron chi connectivity index (χ2n) is 2.40. The lowest BCUT2D eigenvalue weighted by molar-refractivity contribution is -0.136. The average Bonchev–Trinajstić information content (AvgIpc) is 2.06. The summed E-state index contributed by atoms with van der Waals surface area (Å²) < 4.78 is 1.38. The first-order valence-electron chi connectivity index (χ1n) is 3.36. The van der Waals surface area contributed by atoms with Crippen LogP contribution in [0.2, 0.25) is 5.02 Å². The van der Waals surface area contributed by atoms with E-state index in [4.69, 9.17) is 16.7 Å². The number of hydrogen-bond donors (Lipinski definition) is 1. The van der Waals surface area contributed by atoms with E-state index in [0.717, 1.165) is 0 Å². The summed E-state index contributed by atoms with van der Waals surface area (Å²) in [4.78, 5) is 10.4. The highest BCUT2D eigenvalue weighted by Crippen LogP contribution is 2.33. The predicted molar refractivity (Wildman–Crippen MR) is 58.2 cm³/mol. The molecule has 2 nitrogen and oxygen atoms in total. The molecule has 0 unspecified atom stereocenters. The molecule has 1 aromatic rings. The van der Waals surface area contributed by atoms with Crippen LogP contribution >= 0.6 is 43.5 Å². The van der Waals surface area contributed by atoms with Crippen molar-refractivity contribution in [2.45, 2.75) is 6.42 Å². The minimum atomic E-state index is -0.866. The standard InChI is InChI=1S/C8H5Br2ClO2/c9-7-4(3-6(12)13)1-2-5(11)8(7)10/h1-2H,3H2,(H,12,13). The van der Waals surface area contributed by atoms with Crippen LogP contribution in [0.4, 0.5) is 0 Å². The van der Waals surface area contributed by atoms with E-state index in [1.54, 1.807) is 12.1 Å². The first-order chi connectivity index (χ1) is 6.02. The molecule has 0 aliphatic heterocycles. The van der Waals surface area contributed by atoms with Gasteiger partial charge in [0, 0.05) is 4.47 Å². The van der Waals surface area contributed by atoms with Crippen LogP contribution in [0.3, 0.4) is 0 Å². The number of rotatable bonds is 2. The molecule has 0 amide bonds. The van der Waals surface area contributed by atoms with E-state index in [1.165, 1.54) is 0 Å². The number of carboxylic acids is 1. The molecule has 0 radical (unpaired) electrons. The number of carboxylic acid groups (broad SMARTS) is 1. The smallest absolute Gasteiger partial charge is 0.307 e. The maximum Gasteiger partial charge on any atom is 0.307 e. The van der Waals surface area contributed by atoms with Gasteiger partial charge in [-0.2, -0.15) is 0 Å². The molecule has 0 aromatic heterocycles. The van der Waals surface area contributed by atoms with Crippen molar-refractivity contribution in [1.29, 1.82) is 0 Å². The van der Waals surface area contributed by atoms with Gasteiger partial charge in [0.25, 0.3) is 0 Å². The van der Waals surface area contributed by atoms with Gasteiger partial charge in [0.2, 0.25) is 0 Å². The Kier molecular flexibility index (Phi) is 3.76. The van der Waals surface area contributed by atoms with Crippen LogP contribution in [0, 0.1) is 0 Å². The highest BCUT2D eigenvalue weighted by Gasteiger charge is 2.09. The Morgan fingerprint density at radius 1 is 1.38 bits per heavy atom. The third kappa shape index (κ3) is 2.69. The third-order valence-electron chi connectivity index (χ3n) is 1.46. The Morgan fingerprint density at radius 2 is 2.00 bits per heavy atom. The summed E-state index contributed by atoms with van der Waals surface area (Å²) in [6, 6.07) is 3.35. The Balaban J connectivity index is 3.10. The fraction of sp³-hybridized carbons (Fsp3) is 0.125. The summed E-state index contributed by atoms with van der Waals surface area (Å²) in [5, 5.41) is 9.14. The second kappa shape index (κ2) is 4.44. The molecule has 0 bridgehead atoms. The van der Waals surface area contributed by atoms with Crippen LogP contribution in [-0.2, 0) is 11.2 Å². The molecule has 0 spiro atoms. The number of benzene rings is 1. The normalized spacial score (nSPS) is 10.1. The van der Waals surface area contributed by atoms with Gasteiger partial charge in [-0.3, -0.25) is 4.79 Å². The van der Waals surface area contributed by atoms with Crippen molar-refractivity contribution in [3.05, 3.63) is 31.7 Å². The van der Waals surface area contributed by atoms with Gasteiger partial charge in [-0.1, -0.05) is 17.7 Å². The molecule has 5 heteroatoms. The highest BCUT2D eigenvalue weighted by atomic mass is 79.9. The number of halogens is 3. The Hall–Kier alpha value is -0.0600. The number of carbonyl (C=O) groups is 1. The minimum Gasteiger partial charge on any atom is -0.481 e. The zero-order valence-corrected chi connectivity index (χ0v) is 10.3. The van der Waals surface area contributed by atoms with Crippen molar-refractivity contribution < 1.29 is 9.90 Å². The van der Waals surface area contributed by atoms with E-state index in [-0.39, 0.29) is 6.42 Å². The molecule has 70 valence electrons. The van der Waals surface area contributed by atoms with E-state index < -0.39 is 5.97 Å². The van der Waals surface area contributed by atoms with E-state index in [1.807, 2.05) is 0 Å². The average molecular weight is 328 g/mol. The van der Waals surface area contributed by atoms with Crippen molar-refractivity contribution in [2.24, 2.45) is 0 Å². The first kappa shape index (κ1) is 11.0. The van der Waals surface area contributed by atoms with Crippen molar-refractivity contribution in [2.75, 3.05) is 0 Å². The van der Waals surface area contributed by atoms with Crippen LogP contribution in [0.1, 0.15) is 5.56 Å². The van der Waals surface area contributed by atoms with E-state index >= 15 is 0 Å². The lowest BCUT2D eigenvalue weighted by Gasteiger charge is -2.04. The third-order valence-corrected chi connectivity index (χ3v) is 4.26. The lowest BCUT2D eigenvalue weighted by Crippen LogP contribution is -2.00. The van der Waals surface area contributed by atoms with Gasteiger partial charge in [-0.05, 0) is 43.5 Å². The van der Waals surface area contributed by atoms with Crippen molar-refractivity contribution in [1.82, 2.24) is 0 Å². The molecule has 0 atom stereocenters. The SMILES string of the molecule is O=C(O)Cc1ccc(Cl)c(Br)c1Br. The Labute approximate surface area is 97.2 Å². The van der Waals surface area contributed by atoms with Gasteiger partial charge in [0.1, 0.15) is 0 Å². The first-order valence-corrected chi connectivity index (χ1v) is 5.33. The highest BCUT2D eigenvalue weighted by molar-refractivity contribution is 9.13. The van der Waals surface area contributed by atoms with Gasteiger partial charge in [-0.15, -0.1) is 0 Å². The second-order valence-corrected chi connectivity index (χ2v) is 4.40. The number of hydrogen-bond acceptors (Lipinski definition) is 1. The van der Waals surface area contributed by atoms with Crippen molar-refractivity contribution >= 4 is 49.4 Å². The summed E-state index contributed by atoms with van der Waals surface area (Å²) in [7, 11) is 0. The van der Waals surface area contributed by atoms with E-state index in [2.05, 4.69) is 31.9 Å². The largest absolute Gasteiger partial charge is 0.481 e. The van der Waals surface area contributed by atoms with Gasteiger partial charge >= 0.3 is 5.97 Å². The van der Waals surface area contributed by atoms with Crippen LogP contribution in [0.5, 0.6) is 0 Å². The molecule has 0 saturated heterocycles. The van der Waals surface area contributed by atoms with Gasteiger partial charge in [-0.25, -0.2) is 0 Å². The Bertz CT molecular complexity index is 352. The van der Waals surface area contributed by atoms with Crippen LogP contribution in [-0.4, -0.2) is 11.1 Å². The van der Waals surface area contributed by atoms with E-state index in [9.17, 15) is 4.79 Å².